The van der Waals surface area contributed by atoms with Crippen molar-refractivity contribution in [3.8, 4) is 0 Å². The highest BCUT2D eigenvalue weighted by molar-refractivity contribution is 5.94. The number of aliphatic hydroxyl groups excluding tert-OH is 1. The van der Waals surface area contributed by atoms with E-state index in [1.807, 2.05) is 44.2 Å². The maximum atomic E-state index is 10.6. The number of aliphatic imine (C=N–C) groups is 1. The molecule has 0 spiro atoms. The third kappa shape index (κ3) is 1.71. The number of hydrogen-bond acceptors (Lipinski definition) is 4. The molecule has 0 aliphatic carbocycles. The van der Waals surface area contributed by atoms with Crippen LogP contribution in [0.2, 0.25) is 0 Å². The van der Waals surface area contributed by atoms with Gasteiger partial charge in [0.2, 0.25) is 0 Å². The van der Waals surface area contributed by atoms with Gasteiger partial charge in [-0.1, -0.05) is 24.3 Å². The average Bonchev–Trinajstić information content (AvgIpc) is 2.77. The second kappa shape index (κ2) is 4.23. The first kappa shape index (κ1) is 12.2. The highest BCUT2D eigenvalue weighted by atomic mass is 16.3. The fourth-order valence-corrected chi connectivity index (χ4v) is 2.85. The molecule has 1 atom stereocenters. The average molecular weight is 278 g/mol. The number of nitrogens with zero attached hydrogens (tertiary/aromatic N) is 4. The zero-order valence-corrected chi connectivity index (χ0v) is 11.8. The summed E-state index contributed by atoms with van der Waals surface area (Å²) >= 11 is 0. The van der Waals surface area contributed by atoms with Crippen LogP contribution >= 0.6 is 0 Å². The molecule has 21 heavy (non-hydrogen) atoms. The third-order valence-corrected chi connectivity index (χ3v) is 3.80. The molecule has 1 unspecified atom stereocenters. The van der Waals surface area contributed by atoms with Crippen molar-refractivity contribution >= 4 is 23.1 Å². The Labute approximate surface area is 121 Å². The Bertz CT molecular complexity index is 895. The predicted octanol–water partition coefficient (Wildman–Crippen LogP) is 2.65. The first-order valence-electron chi connectivity index (χ1n) is 6.82. The Morgan fingerprint density at radius 1 is 1.19 bits per heavy atom. The molecule has 5 nitrogen and oxygen atoms in total. The Morgan fingerprint density at radius 3 is 2.86 bits per heavy atom. The van der Waals surface area contributed by atoms with Gasteiger partial charge in [-0.15, -0.1) is 5.10 Å². The van der Waals surface area contributed by atoms with E-state index in [0.717, 1.165) is 27.8 Å². The van der Waals surface area contributed by atoms with Crippen molar-refractivity contribution in [1.82, 2.24) is 14.8 Å². The summed E-state index contributed by atoms with van der Waals surface area (Å²) in [6, 6.07) is 9.66. The molecular formula is C16H14N4O. The molecule has 3 aromatic rings. The minimum Gasteiger partial charge on any atom is -0.368 e. The number of fused-ring (bicyclic) bond motifs is 4. The standard InChI is InChI=1S/C16H14N4O/c1-9-7-10(2)18-14-13(9)15-17-8-11-5-3-4-6-12(11)16(21)20(15)19-14/h3-8,16,21H,1-2H3. The largest absolute Gasteiger partial charge is 0.368 e. The van der Waals surface area contributed by atoms with Crippen LogP contribution in [0.1, 0.15) is 28.6 Å². The Kier molecular flexibility index (Phi) is 2.46. The van der Waals surface area contributed by atoms with Gasteiger partial charge in [-0.25, -0.2) is 14.7 Å². The second-order valence-corrected chi connectivity index (χ2v) is 5.31. The van der Waals surface area contributed by atoms with Gasteiger partial charge in [0.25, 0.3) is 0 Å². The van der Waals surface area contributed by atoms with Crippen LogP contribution in [0.3, 0.4) is 0 Å². The van der Waals surface area contributed by atoms with Gasteiger partial charge >= 0.3 is 0 Å². The Morgan fingerprint density at radius 2 is 2.00 bits per heavy atom. The first-order valence-corrected chi connectivity index (χ1v) is 6.82. The van der Waals surface area contributed by atoms with Crippen molar-refractivity contribution in [3.63, 3.8) is 0 Å². The minimum atomic E-state index is -0.854. The summed E-state index contributed by atoms with van der Waals surface area (Å²) in [5.74, 6) is 0.652. The van der Waals surface area contributed by atoms with E-state index in [1.165, 1.54) is 0 Å². The summed E-state index contributed by atoms with van der Waals surface area (Å²) in [6.07, 6.45) is 0.922. The lowest BCUT2D eigenvalue weighted by Crippen LogP contribution is -2.11. The molecule has 104 valence electrons. The van der Waals surface area contributed by atoms with Crippen molar-refractivity contribution in [3.05, 3.63) is 52.7 Å². The number of aromatic nitrogens is 3. The molecule has 3 heterocycles. The van der Waals surface area contributed by atoms with E-state index in [4.69, 9.17) is 0 Å². The molecule has 4 rings (SSSR count). The number of aliphatic hydroxyl groups is 1. The summed E-state index contributed by atoms with van der Waals surface area (Å²) in [4.78, 5) is 8.98. The second-order valence-electron chi connectivity index (χ2n) is 5.31. The lowest BCUT2D eigenvalue weighted by atomic mass is 10.1. The van der Waals surface area contributed by atoms with Crippen LogP contribution in [0.5, 0.6) is 0 Å². The molecule has 1 N–H and O–H groups in total. The van der Waals surface area contributed by atoms with Crippen LogP contribution in [0.4, 0.5) is 5.82 Å². The first-order chi connectivity index (χ1) is 10.1. The number of hydrogen-bond donors (Lipinski definition) is 1. The number of pyridine rings is 1. The van der Waals surface area contributed by atoms with Gasteiger partial charge in [0.15, 0.2) is 17.7 Å². The molecule has 0 saturated carbocycles. The SMILES string of the molecule is Cc1cc(C)c2c3n(nc2n1)C(O)c1ccccc1C=N3. The molecule has 0 fully saturated rings. The normalized spacial score (nSPS) is 16.6. The van der Waals surface area contributed by atoms with Crippen molar-refractivity contribution in [1.29, 1.82) is 0 Å². The highest BCUT2D eigenvalue weighted by Crippen LogP contribution is 2.34. The van der Waals surface area contributed by atoms with E-state index < -0.39 is 6.23 Å². The van der Waals surface area contributed by atoms with Crippen molar-refractivity contribution in [2.24, 2.45) is 4.99 Å². The maximum absolute atomic E-state index is 10.6. The number of rotatable bonds is 0. The zero-order valence-electron chi connectivity index (χ0n) is 11.8. The zero-order chi connectivity index (χ0) is 14.6. The van der Waals surface area contributed by atoms with Gasteiger partial charge in [-0.3, -0.25) is 0 Å². The lowest BCUT2D eigenvalue weighted by Gasteiger charge is -2.12. The monoisotopic (exact) mass is 278 g/mol. The molecule has 1 aliphatic rings. The van der Waals surface area contributed by atoms with Crippen molar-refractivity contribution < 1.29 is 5.11 Å². The summed E-state index contributed by atoms with van der Waals surface area (Å²) in [5, 5.41) is 16.0. The lowest BCUT2D eigenvalue weighted by molar-refractivity contribution is 0.135. The fourth-order valence-electron chi connectivity index (χ4n) is 2.85. The Hall–Kier alpha value is -2.53. The van der Waals surface area contributed by atoms with Crippen LogP contribution in [0, 0.1) is 13.8 Å². The molecule has 1 aliphatic heterocycles. The topological polar surface area (TPSA) is 63.3 Å². The van der Waals surface area contributed by atoms with Gasteiger partial charge < -0.3 is 5.11 Å². The summed E-state index contributed by atoms with van der Waals surface area (Å²) in [6.45, 7) is 3.95. The summed E-state index contributed by atoms with van der Waals surface area (Å²) in [5.41, 5.74) is 4.29. The van der Waals surface area contributed by atoms with E-state index in [9.17, 15) is 5.11 Å². The van der Waals surface area contributed by atoms with Crippen molar-refractivity contribution in [2.45, 2.75) is 20.1 Å². The molecular weight excluding hydrogens is 264 g/mol. The Balaban J connectivity index is 2.06. The summed E-state index contributed by atoms with van der Waals surface area (Å²) < 4.78 is 1.55. The predicted molar refractivity (Wildman–Crippen MR) is 81.1 cm³/mol. The van der Waals surface area contributed by atoms with E-state index in [-0.39, 0.29) is 0 Å². The van der Waals surface area contributed by atoms with E-state index in [2.05, 4.69) is 15.1 Å². The quantitative estimate of drug-likeness (QED) is 0.687. The fraction of sp³-hybridized carbons (Fsp3) is 0.188. The van der Waals surface area contributed by atoms with Gasteiger partial charge in [0.05, 0.1) is 5.39 Å². The molecule has 1 aromatic carbocycles. The van der Waals surface area contributed by atoms with Crippen LogP contribution in [-0.2, 0) is 0 Å². The van der Waals surface area contributed by atoms with Gasteiger partial charge in [-0.2, -0.15) is 0 Å². The smallest absolute Gasteiger partial charge is 0.184 e. The number of aryl methyl sites for hydroxylation is 2. The van der Waals surface area contributed by atoms with Gasteiger partial charge in [0, 0.05) is 23.0 Å². The highest BCUT2D eigenvalue weighted by Gasteiger charge is 2.24. The third-order valence-electron chi connectivity index (χ3n) is 3.80. The van der Waals surface area contributed by atoms with Crippen LogP contribution in [-0.4, -0.2) is 26.1 Å². The van der Waals surface area contributed by atoms with Crippen LogP contribution in [0.15, 0.2) is 35.3 Å². The van der Waals surface area contributed by atoms with Crippen LogP contribution in [0.25, 0.3) is 11.0 Å². The molecule has 0 radical (unpaired) electrons. The molecule has 0 amide bonds. The molecule has 2 aromatic heterocycles. The maximum Gasteiger partial charge on any atom is 0.184 e. The minimum absolute atomic E-state index is 0.623. The van der Waals surface area contributed by atoms with E-state index >= 15 is 0 Å². The van der Waals surface area contributed by atoms with E-state index in [1.54, 1.807) is 10.9 Å². The summed E-state index contributed by atoms with van der Waals surface area (Å²) in [7, 11) is 0. The van der Waals surface area contributed by atoms with Gasteiger partial charge in [0.1, 0.15) is 0 Å². The van der Waals surface area contributed by atoms with Gasteiger partial charge in [-0.05, 0) is 25.5 Å². The molecule has 0 saturated heterocycles. The number of benzene rings is 1. The van der Waals surface area contributed by atoms with Crippen molar-refractivity contribution in [2.75, 3.05) is 0 Å². The van der Waals surface area contributed by atoms with E-state index in [0.29, 0.717) is 11.5 Å². The molecule has 5 heteroatoms. The van der Waals surface area contributed by atoms with Crippen LogP contribution < -0.4 is 0 Å². The molecule has 0 bridgehead atoms.